The highest BCUT2D eigenvalue weighted by Gasteiger charge is 2.70. The minimum absolute atomic E-state index is 0.0354. The van der Waals surface area contributed by atoms with E-state index < -0.39 is 11.6 Å². The molecule has 0 aromatic heterocycles. The van der Waals surface area contributed by atoms with Crippen LogP contribution in [0.4, 0.5) is 0 Å². The zero-order valence-corrected chi connectivity index (χ0v) is 84.1. The summed E-state index contributed by atoms with van der Waals surface area (Å²) < 4.78 is 66.4. The summed E-state index contributed by atoms with van der Waals surface area (Å²) in [5.41, 5.74) is 4.30. The number of carbonyl (C=O) groups excluding carboxylic acids is 5. The third-order valence-corrected chi connectivity index (χ3v) is 38.2. The monoisotopic (exact) mass is 1840 g/mol. The third-order valence-electron chi connectivity index (χ3n) is 38.2. The number of rotatable bonds is 21. The van der Waals surface area contributed by atoms with Gasteiger partial charge in [0.2, 0.25) is 0 Å². The minimum atomic E-state index is -0.504. The Bertz CT molecular complexity index is 4420. The Balaban J connectivity index is 0.000000143. The minimum Gasteiger partial charge on any atom is -0.494 e. The Hall–Kier alpha value is -6.93. The van der Waals surface area contributed by atoms with Gasteiger partial charge in [0.15, 0.2) is 11.6 Å². The second-order valence-corrected chi connectivity index (χ2v) is 45.4. The van der Waals surface area contributed by atoms with E-state index in [1.54, 1.807) is 20.8 Å². The molecule has 0 bridgehead atoms. The summed E-state index contributed by atoms with van der Waals surface area (Å²) in [7, 11) is 0. The lowest BCUT2D eigenvalue weighted by Gasteiger charge is -2.57. The number of aliphatic hydroxyl groups is 2. The molecule has 2 spiro atoms. The van der Waals surface area contributed by atoms with Crippen molar-refractivity contribution in [3.05, 3.63) is 133 Å². The van der Waals surface area contributed by atoms with Gasteiger partial charge in [0.25, 0.3) is 0 Å². The molecule has 28 atom stereocenters. The molecule has 3 aromatic rings. The average Bonchev–Trinajstić information content (AvgIpc) is 1.58. The Kier molecular flexibility index (Phi) is 32.2. The maximum absolute atomic E-state index is 12.8. The number of hydrogen-bond acceptors (Lipinski definition) is 18. The van der Waals surface area contributed by atoms with Crippen LogP contribution in [0, 0.1) is 126 Å². The standard InChI is InChI=1S/C32H46O5.C30H42O4.C29H40O5.C24H38O4/c1-6-34-26-11-8-24(9-12-26)7-10-25-21-22(2)13-16-30(25,4)27-14-17-31(5)28(29(27)37-23(3)33)15-18-32(31)35-19-20-36-32;1-6-33-25-12-9-22(10-13-25)8-11-23-19-24(32)15-17-30(23,5)27-16-18-29(4)20(2)7-14-26(29)28(27)34-21(3)31;1-5-33-23-10-7-20(8-11-23)6-9-21-18-22(31)14-16-28(21,3)25-15-17-29(4)24(12-13-26(29)32)27(25)34-19(2)30;1-6-18-15-16(2)7-10-22(18,4)19-8-11-23(5)20(21(19)28-17(3)25)9-12-24(23)26-13-14-27-24/h7-12,22,25,27-29H,6,13-21H2,1-5H3;8-13,23-24,26-28,32H,2,6-7,14-19H2,1,3-5H3;6-11,21-22,24-25,27,31H,5,12-18H2,1-4H3;6,16,18-21H,1,7-15H2,2-5H3/b10-7+;11-8+;9-6+;/t22-,25-,27?,28?,29+,30-,31-;23-,24-,26?,27?,28-,29+,30-;21-,22-,24?,25?,27-,28-,29-;16-,18-,19?,20?,21+,22-,23-/m0000/s1. The average molecular weight is 1840 g/mol. The smallest absolute Gasteiger partial charge is 0.302 e. The lowest BCUT2D eigenvalue weighted by atomic mass is 9.51. The molecule has 2 heterocycles. The molecule has 2 saturated heterocycles. The number of esters is 4. The molecule has 18 nitrogen and oxygen atoms in total. The molecule has 3 aromatic carbocycles. The molecule has 133 heavy (non-hydrogen) atoms. The quantitative estimate of drug-likeness (QED) is 0.0574. The topological polar surface area (TPSA) is 227 Å². The van der Waals surface area contributed by atoms with Crippen molar-refractivity contribution in [3.8, 4) is 17.2 Å². The van der Waals surface area contributed by atoms with Crippen molar-refractivity contribution in [2.75, 3.05) is 46.2 Å². The molecule has 12 aliphatic carbocycles. The van der Waals surface area contributed by atoms with Crippen LogP contribution in [0.1, 0.15) is 314 Å². The van der Waals surface area contributed by atoms with Crippen LogP contribution in [0.3, 0.4) is 0 Å². The molecular formula is C115H166O18. The second kappa shape index (κ2) is 42.0. The van der Waals surface area contributed by atoms with Gasteiger partial charge >= 0.3 is 23.9 Å². The number of ether oxygens (including phenoxy) is 11. The molecule has 0 amide bonds. The largest absolute Gasteiger partial charge is 0.494 e. The summed E-state index contributed by atoms with van der Waals surface area (Å²) in [6.45, 7) is 48.8. The number of aliphatic hydroxyl groups excluding tert-OH is 2. The lowest BCUT2D eigenvalue weighted by molar-refractivity contribution is -0.251. The van der Waals surface area contributed by atoms with Crippen LogP contribution in [-0.2, 0) is 61.9 Å². The van der Waals surface area contributed by atoms with Crippen molar-refractivity contribution in [2.24, 2.45) is 126 Å². The number of allylic oxidation sites excluding steroid dienone is 5. The summed E-state index contributed by atoms with van der Waals surface area (Å²) >= 11 is 0. The van der Waals surface area contributed by atoms with Crippen molar-refractivity contribution < 1.29 is 86.3 Å². The van der Waals surface area contributed by atoms with Gasteiger partial charge in [-0.05, 0) is 284 Å². The van der Waals surface area contributed by atoms with E-state index in [0.717, 1.165) is 169 Å². The summed E-state index contributed by atoms with van der Waals surface area (Å²) in [5.74, 6) is 6.11. The maximum atomic E-state index is 12.8. The second-order valence-electron chi connectivity index (χ2n) is 45.4. The zero-order chi connectivity index (χ0) is 95.4. The van der Waals surface area contributed by atoms with Crippen molar-refractivity contribution in [1.82, 2.24) is 0 Å². The van der Waals surface area contributed by atoms with Gasteiger partial charge in [0, 0.05) is 111 Å². The van der Waals surface area contributed by atoms with Crippen molar-refractivity contribution >= 4 is 47.9 Å². The molecule has 18 heteroatoms. The molecule has 14 aliphatic rings. The summed E-state index contributed by atoms with van der Waals surface area (Å²) in [6, 6.07) is 24.6. The van der Waals surface area contributed by atoms with Gasteiger partial charge in [0.05, 0.1) is 58.5 Å². The molecule has 14 fully saturated rings. The first-order valence-corrected chi connectivity index (χ1v) is 52.0. The van der Waals surface area contributed by atoms with E-state index in [-0.39, 0.29) is 139 Å². The van der Waals surface area contributed by atoms with Crippen LogP contribution in [0.15, 0.2) is 116 Å². The SMILES string of the molecule is C=C1CCC2[C@H](OC(C)=O)C([C@@]3(C)CC[C@H](O)C[C@@H]3/C=C/c3ccc(OCC)cc3)CC[C@]12C.C=C[C@H]1C[C@@H](C)CC[C@]1(C)C1CC[C@@]2(C)C(CCC23OCCO3)[C@@H]1OC(C)=O.CCOc1ccc(/C=C/[C@H]2C[C@@H](C)CC[C@]2(C)C2CC[C@@]3(C)C(CCC34OCCO4)[C@@H]2OC(C)=O)cc1.CCOc1ccc(/C=C/[C@H]2C[C@@H](O)CC[C@]2(C)C2CC[C@]3(C)C(=O)CCC3[C@@H]2OC(C)=O)cc1. The lowest BCUT2D eigenvalue weighted by Crippen LogP contribution is -2.57. The summed E-state index contributed by atoms with van der Waals surface area (Å²) in [4.78, 5) is 61.8. The zero-order valence-electron chi connectivity index (χ0n) is 84.1. The van der Waals surface area contributed by atoms with Gasteiger partial charge < -0.3 is 62.3 Å². The Morgan fingerprint density at radius 2 is 0.677 bits per heavy atom. The summed E-state index contributed by atoms with van der Waals surface area (Å²) in [6.07, 6.45) is 42.1. The molecule has 2 aliphatic heterocycles. The van der Waals surface area contributed by atoms with Crippen LogP contribution < -0.4 is 14.2 Å². The molecule has 734 valence electrons. The molecule has 2 N–H and O–H groups in total. The van der Waals surface area contributed by atoms with Crippen LogP contribution in [0.25, 0.3) is 18.2 Å². The first-order valence-electron chi connectivity index (χ1n) is 52.0. The Morgan fingerprint density at radius 1 is 0.376 bits per heavy atom. The van der Waals surface area contributed by atoms with Crippen LogP contribution in [0.2, 0.25) is 0 Å². The van der Waals surface area contributed by atoms with Gasteiger partial charge in [-0.2, -0.15) is 0 Å². The number of ketones is 1. The maximum Gasteiger partial charge on any atom is 0.302 e. The van der Waals surface area contributed by atoms with Gasteiger partial charge in [-0.3, -0.25) is 24.0 Å². The molecule has 12 saturated carbocycles. The normalized spacial score (nSPS) is 40.4. The van der Waals surface area contributed by atoms with E-state index in [9.17, 15) is 34.2 Å². The highest BCUT2D eigenvalue weighted by molar-refractivity contribution is 5.87. The van der Waals surface area contributed by atoms with Crippen LogP contribution in [-0.4, -0.2) is 134 Å². The van der Waals surface area contributed by atoms with Gasteiger partial charge in [-0.25, -0.2) is 0 Å². The Morgan fingerprint density at radius 3 is 1.03 bits per heavy atom. The number of hydrogen-bond donors (Lipinski definition) is 2. The van der Waals surface area contributed by atoms with E-state index in [1.807, 2.05) is 57.2 Å². The van der Waals surface area contributed by atoms with Crippen molar-refractivity contribution in [2.45, 2.75) is 346 Å². The molecule has 0 radical (unpaired) electrons. The van der Waals surface area contributed by atoms with Gasteiger partial charge in [0.1, 0.15) is 47.4 Å². The fourth-order valence-corrected chi connectivity index (χ4v) is 30.1. The van der Waals surface area contributed by atoms with E-state index in [4.69, 9.17) is 52.1 Å². The van der Waals surface area contributed by atoms with E-state index in [2.05, 4.69) is 161 Å². The summed E-state index contributed by atoms with van der Waals surface area (Å²) in [5, 5.41) is 21.2. The van der Waals surface area contributed by atoms with Gasteiger partial charge in [-0.15, -0.1) is 6.58 Å². The van der Waals surface area contributed by atoms with Crippen molar-refractivity contribution in [1.29, 1.82) is 0 Å². The first kappa shape index (κ1) is 102. The first-order chi connectivity index (χ1) is 63.3. The predicted octanol–water partition coefficient (Wildman–Crippen LogP) is 24.3. The molecule has 8 unspecified atom stereocenters. The molecular weight excluding hydrogens is 1670 g/mol. The van der Waals surface area contributed by atoms with Crippen LogP contribution in [0.5, 0.6) is 17.2 Å². The number of Topliss-reactive ketones (excluding diaryl/α,β-unsaturated/α-hetero) is 1. The fourth-order valence-electron chi connectivity index (χ4n) is 30.1. The number of fused-ring (bicyclic) bond motifs is 6. The predicted molar refractivity (Wildman–Crippen MR) is 522 cm³/mol. The van der Waals surface area contributed by atoms with Crippen LogP contribution >= 0.6 is 0 Å². The van der Waals surface area contributed by atoms with E-state index in [0.29, 0.717) is 106 Å². The number of carbonyl (C=O) groups is 5. The van der Waals surface area contributed by atoms with Gasteiger partial charge in [-0.1, -0.05) is 173 Å². The number of benzene rings is 3. The van der Waals surface area contributed by atoms with E-state index in [1.165, 1.54) is 50.2 Å². The molecule has 17 rings (SSSR count). The highest BCUT2D eigenvalue weighted by Crippen LogP contribution is 2.70. The van der Waals surface area contributed by atoms with E-state index >= 15 is 0 Å². The highest BCUT2D eigenvalue weighted by atomic mass is 16.7. The fraction of sp³-hybridized carbons (Fsp3) is 0.713. The van der Waals surface area contributed by atoms with Crippen molar-refractivity contribution in [3.63, 3.8) is 0 Å². The Labute approximate surface area is 797 Å². The third kappa shape index (κ3) is 20.6.